The fraction of sp³-hybridized carbons (Fsp3) is 0.350. The predicted octanol–water partition coefficient (Wildman–Crippen LogP) is 1.95. The average molecular weight is 423 g/mol. The molecule has 5 rings (SSSR count). The van der Waals surface area contributed by atoms with Crippen LogP contribution in [0.2, 0.25) is 0 Å². The van der Waals surface area contributed by atoms with Gasteiger partial charge in [0.15, 0.2) is 11.4 Å². The van der Waals surface area contributed by atoms with Gasteiger partial charge in [-0.25, -0.2) is 14.8 Å². The number of carbonyl (C=O) groups excluding carboxylic acids is 2. The second-order valence-corrected chi connectivity index (χ2v) is 8.72. The fourth-order valence-electron chi connectivity index (χ4n) is 4.04. The summed E-state index contributed by atoms with van der Waals surface area (Å²) < 4.78 is 10.7. The molecule has 1 spiro atoms. The Morgan fingerprint density at radius 2 is 1.97 bits per heavy atom. The van der Waals surface area contributed by atoms with E-state index >= 15 is 0 Å². The Kier molecular flexibility index (Phi) is 3.73. The van der Waals surface area contributed by atoms with Crippen LogP contribution in [0.1, 0.15) is 26.5 Å². The van der Waals surface area contributed by atoms with Crippen molar-refractivity contribution in [1.82, 2.24) is 19.9 Å². The normalized spacial score (nSPS) is 17.2. The van der Waals surface area contributed by atoms with Gasteiger partial charge in [-0.05, 0) is 39.0 Å². The van der Waals surface area contributed by atoms with Crippen LogP contribution < -0.4 is 16.4 Å². The number of nitrogen functional groups attached to an aromatic ring is 2. The molecule has 31 heavy (non-hydrogen) atoms. The van der Waals surface area contributed by atoms with Crippen molar-refractivity contribution in [3.63, 3.8) is 0 Å². The van der Waals surface area contributed by atoms with Crippen molar-refractivity contribution in [3.8, 4) is 0 Å². The molecule has 2 aromatic heterocycles. The van der Waals surface area contributed by atoms with E-state index in [1.165, 1.54) is 16.1 Å². The van der Waals surface area contributed by atoms with E-state index in [1.54, 1.807) is 39.0 Å². The van der Waals surface area contributed by atoms with Crippen molar-refractivity contribution < 1.29 is 18.7 Å². The van der Waals surface area contributed by atoms with E-state index in [9.17, 15) is 9.59 Å². The summed E-state index contributed by atoms with van der Waals surface area (Å²) in [5.41, 5.74) is 12.6. The van der Waals surface area contributed by atoms with Crippen LogP contribution >= 0.6 is 0 Å². The van der Waals surface area contributed by atoms with Crippen molar-refractivity contribution in [3.05, 3.63) is 30.2 Å². The number of benzene rings is 1. The monoisotopic (exact) mass is 423 g/mol. The van der Waals surface area contributed by atoms with Crippen molar-refractivity contribution >= 4 is 46.3 Å². The topological polar surface area (TPSA) is 154 Å². The molecule has 1 saturated heterocycles. The number of nitrogens with two attached hydrogens (primary N) is 2. The number of fused-ring (bicyclic) bond motifs is 3. The lowest BCUT2D eigenvalue weighted by atomic mass is 9.77. The summed E-state index contributed by atoms with van der Waals surface area (Å²) >= 11 is 0. The van der Waals surface area contributed by atoms with Crippen molar-refractivity contribution in [2.45, 2.75) is 31.8 Å². The zero-order valence-corrected chi connectivity index (χ0v) is 17.2. The Morgan fingerprint density at radius 1 is 1.23 bits per heavy atom. The molecule has 1 fully saturated rings. The van der Waals surface area contributed by atoms with Gasteiger partial charge in [-0.2, -0.15) is 4.98 Å². The van der Waals surface area contributed by atoms with E-state index in [0.717, 1.165) is 0 Å². The number of amides is 2. The lowest BCUT2D eigenvalue weighted by Crippen LogP contribution is -2.65. The van der Waals surface area contributed by atoms with Crippen LogP contribution in [0, 0.1) is 0 Å². The van der Waals surface area contributed by atoms with Crippen LogP contribution in [0.4, 0.5) is 28.0 Å². The summed E-state index contributed by atoms with van der Waals surface area (Å²) in [6, 6.07) is 5.11. The summed E-state index contributed by atoms with van der Waals surface area (Å²) in [7, 11) is 0. The van der Waals surface area contributed by atoms with Crippen LogP contribution in [-0.4, -0.2) is 50.5 Å². The van der Waals surface area contributed by atoms with Gasteiger partial charge in [0.25, 0.3) is 6.01 Å². The first kappa shape index (κ1) is 19.1. The van der Waals surface area contributed by atoms with Crippen LogP contribution in [0.25, 0.3) is 11.1 Å². The maximum absolute atomic E-state index is 13.7. The summed E-state index contributed by atoms with van der Waals surface area (Å²) in [5.74, 6) is -0.0731. The van der Waals surface area contributed by atoms with Gasteiger partial charge in [0.05, 0.1) is 11.4 Å². The molecule has 2 aliphatic rings. The van der Waals surface area contributed by atoms with Gasteiger partial charge in [0.2, 0.25) is 5.91 Å². The fourth-order valence-corrected chi connectivity index (χ4v) is 4.04. The van der Waals surface area contributed by atoms with Gasteiger partial charge in [0, 0.05) is 13.1 Å². The second-order valence-electron chi connectivity index (χ2n) is 8.72. The lowest BCUT2D eigenvalue weighted by molar-refractivity contribution is -0.128. The van der Waals surface area contributed by atoms with Gasteiger partial charge in [-0.3, -0.25) is 9.69 Å². The van der Waals surface area contributed by atoms with E-state index in [0.29, 0.717) is 28.2 Å². The van der Waals surface area contributed by atoms with Crippen LogP contribution in [0.3, 0.4) is 0 Å². The van der Waals surface area contributed by atoms with Crippen molar-refractivity contribution in [2.24, 2.45) is 0 Å². The molecule has 0 aliphatic carbocycles. The molecule has 11 nitrogen and oxygen atoms in total. The van der Waals surface area contributed by atoms with Crippen LogP contribution in [0.15, 0.2) is 28.9 Å². The summed E-state index contributed by atoms with van der Waals surface area (Å²) in [6.07, 6.45) is 0.845. The van der Waals surface area contributed by atoms with Crippen LogP contribution in [-0.2, 0) is 14.9 Å². The number of oxazole rings is 1. The van der Waals surface area contributed by atoms with Gasteiger partial charge >= 0.3 is 6.09 Å². The quantitative estimate of drug-likeness (QED) is 0.597. The molecule has 0 unspecified atom stereocenters. The third-order valence-corrected chi connectivity index (χ3v) is 5.36. The third kappa shape index (κ3) is 2.76. The number of rotatable bonds is 1. The van der Waals surface area contributed by atoms with Crippen LogP contribution in [0.5, 0.6) is 0 Å². The third-order valence-electron chi connectivity index (χ3n) is 5.36. The van der Waals surface area contributed by atoms with E-state index in [4.69, 9.17) is 20.6 Å². The molecular weight excluding hydrogens is 402 g/mol. The molecule has 4 heterocycles. The molecular formula is C20H21N7O4. The predicted molar refractivity (Wildman–Crippen MR) is 111 cm³/mol. The Labute approximate surface area is 177 Å². The first-order valence-electron chi connectivity index (χ1n) is 9.68. The number of carbonyl (C=O) groups is 2. The Hall–Kier alpha value is -3.89. The standard InChI is InChI=1S/C20H21N7O4/c1-19(2,3)31-18(29)26-7-20(8-26)14-13(15(21)24-9-23-14)27(16(20)28)10-4-5-12-11(6-10)25-17(22)30-12/h4-6,9H,7-8H2,1-3H3,(H2,22,25)(H2,21,23,24). The van der Waals surface area contributed by atoms with E-state index in [-0.39, 0.29) is 30.8 Å². The average Bonchev–Trinajstić information content (AvgIpc) is 3.13. The molecule has 2 aliphatic heterocycles. The molecule has 0 bridgehead atoms. The first-order chi connectivity index (χ1) is 14.6. The minimum atomic E-state index is -1.01. The maximum atomic E-state index is 13.7. The van der Waals surface area contributed by atoms with E-state index in [2.05, 4.69) is 15.0 Å². The number of ether oxygens (including phenoxy) is 1. The highest BCUT2D eigenvalue weighted by atomic mass is 16.6. The minimum absolute atomic E-state index is 0.0339. The highest BCUT2D eigenvalue weighted by Gasteiger charge is 2.62. The summed E-state index contributed by atoms with van der Waals surface area (Å²) in [6.45, 7) is 5.65. The number of likely N-dealkylation sites (tertiary alicyclic amines) is 1. The number of hydrogen-bond acceptors (Lipinski definition) is 9. The molecule has 3 aromatic rings. The van der Waals surface area contributed by atoms with Gasteiger partial charge in [-0.15, -0.1) is 0 Å². The highest BCUT2D eigenvalue weighted by molar-refractivity contribution is 6.16. The Morgan fingerprint density at radius 3 is 2.68 bits per heavy atom. The molecule has 160 valence electrons. The molecule has 0 atom stereocenters. The Bertz CT molecular complexity index is 1240. The number of nitrogens with zero attached hydrogens (tertiary/aromatic N) is 5. The second kappa shape index (κ2) is 6.06. The highest BCUT2D eigenvalue weighted by Crippen LogP contribution is 2.51. The number of anilines is 4. The molecule has 1 aromatic carbocycles. The smallest absolute Gasteiger partial charge is 0.410 e. The minimum Gasteiger partial charge on any atom is -0.444 e. The van der Waals surface area contributed by atoms with Gasteiger partial charge < -0.3 is 25.5 Å². The summed E-state index contributed by atoms with van der Waals surface area (Å²) in [5, 5.41) is 0. The molecule has 11 heteroatoms. The van der Waals surface area contributed by atoms with Gasteiger partial charge in [-0.1, -0.05) is 0 Å². The lowest BCUT2D eigenvalue weighted by Gasteiger charge is -2.45. The molecule has 0 saturated carbocycles. The largest absolute Gasteiger partial charge is 0.444 e. The number of hydrogen-bond donors (Lipinski definition) is 2. The molecule has 4 N–H and O–H groups in total. The van der Waals surface area contributed by atoms with Crippen molar-refractivity contribution in [2.75, 3.05) is 29.5 Å². The number of aromatic nitrogens is 3. The first-order valence-corrected chi connectivity index (χ1v) is 9.68. The zero-order chi connectivity index (χ0) is 22.1. The van der Waals surface area contributed by atoms with Crippen molar-refractivity contribution in [1.29, 1.82) is 0 Å². The Balaban J connectivity index is 1.54. The van der Waals surface area contributed by atoms with E-state index in [1.807, 2.05) is 0 Å². The van der Waals surface area contributed by atoms with Gasteiger partial charge in [0.1, 0.15) is 28.5 Å². The molecule has 0 radical (unpaired) electrons. The zero-order valence-electron chi connectivity index (χ0n) is 17.2. The summed E-state index contributed by atoms with van der Waals surface area (Å²) in [4.78, 5) is 41.6. The maximum Gasteiger partial charge on any atom is 0.410 e. The van der Waals surface area contributed by atoms with E-state index < -0.39 is 17.1 Å². The molecule has 2 amide bonds. The SMILES string of the molecule is CC(C)(C)OC(=O)N1CC2(C1)C(=O)N(c1ccc3oc(N)nc3c1)c1c(N)ncnc12.